The molecule has 2 aromatic heterocycles. The number of hydrogen-bond donors (Lipinski definition) is 0. The fraction of sp³-hybridized carbons (Fsp3) is 0.545. The number of aromatic nitrogens is 2. The van der Waals surface area contributed by atoms with Crippen LogP contribution in [0, 0.1) is 18.8 Å². The molecule has 0 aromatic carbocycles. The van der Waals surface area contributed by atoms with E-state index in [0.717, 1.165) is 55.0 Å². The number of pyridine rings is 1. The zero-order chi connectivity index (χ0) is 20.4. The van der Waals surface area contributed by atoms with Crippen LogP contribution < -0.4 is 0 Å². The van der Waals surface area contributed by atoms with E-state index in [2.05, 4.69) is 16.9 Å². The maximum absolute atomic E-state index is 13.2. The van der Waals surface area contributed by atoms with Gasteiger partial charge in [-0.05, 0) is 50.7 Å². The first-order valence-corrected chi connectivity index (χ1v) is 11.3. The van der Waals surface area contributed by atoms with Crippen molar-refractivity contribution in [3.05, 3.63) is 35.1 Å². The largest absolute Gasteiger partial charge is 0.342 e. The SMILES string of the molecule is Cc1nc(-c2cccnc2)sc1C(=O)N1CCCC(C(=O)N2CCC(C)CC2)C1. The molecule has 6 nitrogen and oxygen atoms in total. The van der Waals surface area contributed by atoms with Crippen molar-refractivity contribution in [3.63, 3.8) is 0 Å². The van der Waals surface area contributed by atoms with E-state index in [1.54, 1.807) is 12.4 Å². The lowest BCUT2D eigenvalue weighted by Crippen LogP contribution is -2.48. The maximum atomic E-state index is 13.2. The smallest absolute Gasteiger partial charge is 0.265 e. The standard InChI is InChI=1S/C22H28N4O2S/c1-15-7-11-25(12-8-15)21(27)18-6-4-10-26(14-18)22(28)19-16(2)24-20(29-19)17-5-3-9-23-13-17/h3,5,9,13,15,18H,4,6-8,10-12,14H2,1-2H3. The second-order valence-corrected chi connectivity index (χ2v) is 9.27. The van der Waals surface area contributed by atoms with Crippen LogP contribution in [0.15, 0.2) is 24.5 Å². The minimum absolute atomic E-state index is 0.0000864. The lowest BCUT2D eigenvalue weighted by atomic mass is 9.93. The van der Waals surface area contributed by atoms with Crippen molar-refractivity contribution in [2.45, 2.75) is 39.5 Å². The van der Waals surface area contributed by atoms with Crippen LogP contribution in [-0.4, -0.2) is 57.8 Å². The van der Waals surface area contributed by atoms with Crippen LogP contribution in [0.2, 0.25) is 0 Å². The van der Waals surface area contributed by atoms with Crippen LogP contribution in [0.25, 0.3) is 10.6 Å². The zero-order valence-corrected chi connectivity index (χ0v) is 18.0. The van der Waals surface area contributed by atoms with Crippen molar-refractivity contribution >= 4 is 23.2 Å². The van der Waals surface area contributed by atoms with Crippen molar-refractivity contribution in [1.29, 1.82) is 0 Å². The maximum Gasteiger partial charge on any atom is 0.265 e. The van der Waals surface area contributed by atoms with Crippen LogP contribution in [0.1, 0.15) is 48.0 Å². The van der Waals surface area contributed by atoms with Crippen molar-refractivity contribution in [1.82, 2.24) is 19.8 Å². The topological polar surface area (TPSA) is 66.4 Å². The van der Waals surface area contributed by atoms with Crippen LogP contribution in [0.3, 0.4) is 0 Å². The van der Waals surface area contributed by atoms with Crippen LogP contribution >= 0.6 is 11.3 Å². The van der Waals surface area contributed by atoms with Gasteiger partial charge in [0.1, 0.15) is 9.88 Å². The average molecular weight is 413 g/mol. The number of carbonyl (C=O) groups excluding carboxylic acids is 2. The highest BCUT2D eigenvalue weighted by molar-refractivity contribution is 7.17. The van der Waals surface area contributed by atoms with E-state index in [1.807, 2.05) is 28.9 Å². The number of thiazole rings is 1. The molecular formula is C22H28N4O2S. The van der Waals surface area contributed by atoms with Crippen molar-refractivity contribution in [2.75, 3.05) is 26.2 Å². The molecule has 0 N–H and O–H groups in total. The molecule has 4 rings (SSSR count). The van der Waals surface area contributed by atoms with E-state index in [4.69, 9.17) is 0 Å². The van der Waals surface area contributed by atoms with Gasteiger partial charge in [-0.3, -0.25) is 14.6 Å². The predicted octanol–water partition coefficient (Wildman–Crippen LogP) is 3.62. The summed E-state index contributed by atoms with van der Waals surface area (Å²) in [6, 6.07) is 3.82. The lowest BCUT2D eigenvalue weighted by molar-refractivity contribution is -0.138. The summed E-state index contributed by atoms with van der Waals surface area (Å²) in [7, 11) is 0. The molecule has 7 heteroatoms. The minimum Gasteiger partial charge on any atom is -0.342 e. The second kappa shape index (κ2) is 8.61. The summed E-state index contributed by atoms with van der Waals surface area (Å²) in [6.45, 7) is 7.06. The summed E-state index contributed by atoms with van der Waals surface area (Å²) in [6.07, 6.45) is 7.40. The highest BCUT2D eigenvalue weighted by Crippen LogP contribution is 2.30. The van der Waals surface area contributed by atoms with Gasteiger partial charge in [0.2, 0.25) is 5.91 Å². The van der Waals surface area contributed by atoms with Gasteiger partial charge in [0.05, 0.1) is 11.6 Å². The Labute approximate surface area is 176 Å². The highest BCUT2D eigenvalue weighted by Gasteiger charge is 2.33. The minimum atomic E-state index is -0.0767. The van der Waals surface area contributed by atoms with Crippen LogP contribution in [0.4, 0.5) is 0 Å². The van der Waals surface area contributed by atoms with E-state index < -0.39 is 0 Å². The van der Waals surface area contributed by atoms with Crippen molar-refractivity contribution < 1.29 is 9.59 Å². The van der Waals surface area contributed by atoms with Gasteiger partial charge < -0.3 is 9.80 Å². The summed E-state index contributed by atoms with van der Waals surface area (Å²) >= 11 is 1.41. The molecule has 0 bridgehead atoms. The molecule has 0 radical (unpaired) electrons. The third-order valence-electron chi connectivity index (χ3n) is 6.05. The summed E-state index contributed by atoms with van der Waals surface area (Å²) in [5.74, 6) is 0.852. The third-order valence-corrected chi connectivity index (χ3v) is 7.25. The Morgan fingerprint density at radius 3 is 2.66 bits per heavy atom. The second-order valence-electron chi connectivity index (χ2n) is 8.27. The average Bonchev–Trinajstić information content (AvgIpc) is 3.15. The number of likely N-dealkylation sites (tertiary alicyclic amines) is 2. The molecule has 2 aromatic rings. The molecule has 2 saturated heterocycles. The van der Waals surface area contributed by atoms with Crippen molar-refractivity contribution in [3.8, 4) is 10.6 Å². The Kier molecular flexibility index (Phi) is 5.94. The molecular weight excluding hydrogens is 384 g/mol. The van der Waals surface area contributed by atoms with Gasteiger partial charge in [-0.1, -0.05) is 6.92 Å². The number of carbonyl (C=O) groups is 2. The first kappa shape index (κ1) is 20.0. The van der Waals surface area contributed by atoms with Gasteiger partial charge in [0.15, 0.2) is 0 Å². The Morgan fingerprint density at radius 1 is 1.14 bits per heavy atom. The molecule has 2 fully saturated rings. The summed E-state index contributed by atoms with van der Waals surface area (Å²) < 4.78 is 0. The molecule has 2 amide bonds. The monoisotopic (exact) mass is 412 g/mol. The molecule has 2 aliphatic heterocycles. The zero-order valence-electron chi connectivity index (χ0n) is 17.1. The Hall–Kier alpha value is -2.28. The summed E-state index contributed by atoms with van der Waals surface area (Å²) in [4.78, 5) is 39.5. The molecule has 0 saturated carbocycles. The van der Waals surface area contributed by atoms with Gasteiger partial charge in [-0.15, -0.1) is 11.3 Å². The molecule has 0 aliphatic carbocycles. The lowest BCUT2D eigenvalue weighted by Gasteiger charge is -2.37. The predicted molar refractivity (Wildman–Crippen MR) is 114 cm³/mol. The molecule has 4 heterocycles. The first-order valence-electron chi connectivity index (χ1n) is 10.5. The van der Waals surface area contributed by atoms with Gasteiger partial charge in [-0.25, -0.2) is 4.98 Å². The number of amides is 2. The van der Waals surface area contributed by atoms with E-state index in [0.29, 0.717) is 23.9 Å². The quantitative estimate of drug-likeness (QED) is 0.772. The number of piperidine rings is 2. The number of aryl methyl sites for hydroxylation is 1. The summed E-state index contributed by atoms with van der Waals surface area (Å²) in [5, 5.41) is 0.811. The van der Waals surface area contributed by atoms with Gasteiger partial charge in [0, 0.05) is 44.1 Å². The Morgan fingerprint density at radius 2 is 1.93 bits per heavy atom. The normalized spacial score (nSPS) is 20.7. The Bertz CT molecular complexity index is 874. The fourth-order valence-corrected chi connectivity index (χ4v) is 5.23. The van der Waals surface area contributed by atoms with Gasteiger partial charge in [0.25, 0.3) is 5.91 Å². The van der Waals surface area contributed by atoms with E-state index in [1.165, 1.54) is 11.3 Å². The van der Waals surface area contributed by atoms with Crippen LogP contribution in [-0.2, 0) is 4.79 Å². The van der Waals surface area contributed by atoms with Crippen LogP contribution in [0.5, 0.6) is 0 Å². The molecule has 2 aliphatic rings. The number of nitrogens with zero attached hydrogens (tertiary/aromatic N) is 4. The Balaban J connectivity index is 1.45. The van der Waals surface area contributed by atoms with Gasteiger partial charge in [-0.2, -0.15) is 0 Å². The molecule has 0 spiro atoms. The fourth-order valence-electron chi connectivity index (χ4n) is 4.20. The van der Waals surface area contributed by atoms with E-state index in [-0.39, 0.29) is 17.7 Å². The highest BCUT2D eigenvalue weighted by atomic mass is 32.1. The molecule has 154 valence electrons. The molecule has 29 heavy (non-hydrogen) atoms. The number of rotatable bonds is 3. The third kappa shape index (κ3) is 4.34. The van der Waals surface area contributed by atoms with E-state index in [9.17, 15) is 9.59 Å². The van der Waals surface area contributed by atoms with Gasteiger partial charge >= 0.3 is 0 Å². The molecule has 1 unspecified atom stereocenters. The summed E-state index contributed by atoms with van der Waals surface area (Å²) in [5.41, 5.74) is 1.67. The van der Waals surface area contributed by atoms with E-state index >= 15 is 0 Å². The molecule has 1 atom stereocenters. The number of hydrogen-bond acceptors (Lipinski definition) is 5. The van der Waals surface area contributed by atoms with Crippen molar-refractivity contribution in [2.24, 2.45) is 11.8 Å². The first-order chi connectivity index (χ1) is 14.0.